The molecular weight excluding hydrogens is 364 g/mol. The maximum absolute atomic E-state index is 11.7. The van der Waals surface area contributed by atoms with Crippen LogP contribution in [0.4, 0.5) is 11.5 Å². The second kappa shape index (κ2) is 7.20. The lowest BCUT2D eigenvalue weighted by molar-refractivity contribution is -0.462. The number of hydrogen-bond donors (Lipinski definition) is 2. The van der Waals surface area contributed by atoms with Gasteiger partial charge in [-0.15, -0.1) is 0 Å². The zero-order valence-electron chi connectivity index (χ0n) is 15.3. The van der Waals surface area contributed by atoms with E-state index in [4.69, 9.17) is 5.73 Å². The van der Waals surface area contributed by atoms with Gasteiger partial charge in [0.15, 0.2) is 5.82 Å². The molecule has 0 unspecified atom stereocenters. The zero-order chi connectivity index (χ0) is 19.6. The summed E-state index contributed by atoms with van der Waals surface area (Å²) in [6, 6.07) is 9.46. The Bertz CT molecular complexity index is 1090. The van der Waals surface area contributed by atoms with E-state index < -0.39 is 10.0 Å². The Kier molecular flexibility index (Phi) is 4.95. The minimum Gasteiger partial charge on any atom is -0.382 e. The third kappa shape index (κ3) is 4.32. The first kappa shape index (κ1) is 18.6. The third-order valence-electron chi connectivity index (χ3n) is 3.82. The smallest absolute Gasteiger partial charge is 0.229 e. The molecule has 2 aromatic rings. The average molecular weight is 385 g/mol. The van der Waals surface area contributed by atoms with E-state index in [1.165, 1.54) is 0 Å². The summed E-state index contributed by atoms with van der Waals surface area (Å²) in [5, 5.41) is 4.28. The highest BCUT2D eigenvalue weighted by molar-refractivity contribution is 7.88. The fourth-order valence-corrected chi connectivity index (χ4v) is 3.08. The number of para-hydroxylation sites is 1. The van der Waals surface area contributed by atoms with Gasteiger partial charge in [-0.05, 0) is 18.2 Å². The van der Waals surface area contributed by atoms with E-state index in [0.29, 0.717) is 22.9 Å². The predicted molar refractivity (Wildman–Crippen MR) is 107 cm³/mol. The van der Waals surface area contributed by atoms with Crippen molar-refractivity contribution in [2.24, 2.45) is 4.99 Å². The van der Waals surface area contributed by atoms with Crippen LogP contribution in [0, 0.1) is 0 Å². The van der Waals surface area contributed by atoms with E-state index in [0.717, 1.165) is 17.7 Å². The van der Waals surface area contributed by atoms with Crippen molar-refractivity contribution in [3.8, 4) is 5.69 Å². The van der Waals surface area contributed by atoms with Gasteiger partial charge >= 0.3 is 0 Å². The van der Waals surface area contributed by atoms with E-state index in [1.54, 1.807) is 23.0 Å². The van der Waals surface area contributed by atoms with Gasteiger partial charge in [0.25, 0.3) is 0 Å². The maximum Gasteiger partial charge on any atom is 0.229 e. The van der Waals surface area contributed by atoms with Gasteiger partial charge in [0, 0.05) is 12.2 Å². The van der Waals surface area contributed by atoms with Crippen LogP contribution in [0.15, 0.2) is 65.4 Å². The molecule has 9 heteroatoms. The highest BCUT2D eigenvalue weighted by Gasteiger charge is 2.19. The monoisotopic (exact) mass is 385 g/mol. The molecule has 8 nitrogen and oxygen atoms in total. The molecule has 0 saturated carbocycles. The van der Waals surface area contributed by atoms with E-state index in [9.17, 15) is 8.42 Å². The maximum atomic E-state index is 11.7. The topological polar surface area (TPSA) is 105 Å². The van der Waals surface area contributed by atoms with Crippen LogP contribution in [0.2, 0.25) is 0 Å². The second-order valence-electron chi connectivity index (χ2n) is 6.24. The first-order valence-corrected chi connectivity index (χ1v) is 10.0. The first-order chi connectivity index (χ1) is 12.7. The van der Waals surface area contributed by atoms with Crippen LogP contribution >= 0.6 is 0 Å². The fraction of sp³-hybridized carbons (Fsp3) is 0.167. The number of benzene rings is 1. The number of hydrogen-bond acceptors (Lipinski definition) is 5. The van der Waals surface area contributed by atoms with Crippen molar-refractivity contribution >= 4 is 33.0 Å². The van der Waals surface area contributed by atoms with Crippen molar-refractivity contribution in [3.05, 3.63) is 60.5 Å². The van der Waals surface area contributed by atoms with Crippen molar-refractivity contribution in [1.29, 1.82) is 0 Å². The molecule has 0 radical (unpaired) electrons. The summed E-state index contributed by atoms with van der Waals surface area (Å²) >= 11 is 0. The number of rotatable bonds is 4. The van der Waals surface area contributed by atoms with Gasteiger partial charge in [0.2, 0.25) is 15.7 Å². The molecule has 1 heterocycles. The van der Waals surface area contributed by atoms with Crippen molar-refractivity contribution in [1.82, 2.24) is 14.5 Å². The Hall–Kier alpha value is -3.20. The van der Waals surface area contributed by atoms with Crippen molar-refractivity contribution < 1.29 is 13.0 Å². The lowest BCUT2D eigenvalue weighted by atomic mass is 10.1. The molecule has 0 atom stereocenters. The molecule has 1 aromatic heterocycles. The van der Waals surface area contributed by atoms with Crippen LogP contribution < -0.4 is 10.5 Å². The van der Waals surface area contributed by atoms with Crippen LogP contribution in [0.5, 0.6) is 0 Å². The minimum absolute atomic E-state index is 0.364. The summed E-state index contributed by atoms with van der Waals surface area (Å²) in [5.74, 6) is 0.364. The van der Waals surface area contributed by atoms with Gasteiger partial charge in [0.05, 0.1) is 29.5 Å². The number of allylic oxidation sites excluding steroid dienone is 3. The first-order valence-electron chi connectivity index (χ1n) is 8.14. The minimum atomic E-state index is -3.46. The number of anilines is 1. The van der Waals surface area contributed by atoms with Crippen molar-refractivity contribution in [3.63, 3.8) is 0 Å². The third-order valence-corrected chi connectivity index (χ3v) is 4.41. The van der Waals surface area contributed by atoms with Gasteiger partial charge < -0.3 is 5.73 Å². The summed E-state index contributed by atoms with van der Waals surface area (Å²) in [6.07, 6.45) is 7.96. The Morgan fingerprint density at radius 3 is 2.52 bits per heavy atom. The molecule has 0 aliphatic heterocycles. The summed E-state index contributed by atoms with van der Waals surface area (Å²) in [5.41, 5.74) is 9.13. The van der Waals surface area contributed by atoms with Crippen LogP contribution in [0.3, 0.4) is 0 Å². The molecule has 27 heavy (non-hydrogen) atoms. The van der Waals surface area contributed by atoms with Gasteiger partial charge in [0.1, 0.15) is 19.8 Å². The summed E-state index contributed by atoms with van der Waals surface area (Å²) in [4.78, 5) is 4.52. The van der Waals surface area contributed by atoms with Crippen molar-refractivity contribution in [2.45, 2.75) is 0 Å². The molecule has 3 rings (SSSR count). The second-order valence-corrected chi connectivity index (χ2v) is 7.99. The summed E-state index contributed by atoms with van der Waals surface area (Å²) < 4.78 is 29.4. The zero-order valence-corrected chi connectivity index (χ0v) is 16.1. The van der Waals surface area contributed by atoms with Crippen LogP contribution in [0.25, 0.3) is 5.69 Å². The molecule has 0 fully saturated rings. The molecule has 0 spiro atoms. The molecule has 140 valence electrons. The molecule has 1 aromatic carbocycles. The molecule has 0 saturated heterocycles. The standard InChI is InChI=1S/C18H20N6O2S/c1-23(2)14-9-10-15(16(11-14)22-27(3,25)26)21-17-12-20-24(18(17)19)13-7-5-4-6-8-13/h4-12H,1-3H3,(H2,19,20,22)/p+1. The molecule has 0 amide bonds. The van der Waals surface area contributed by atoms with Gasteiger partial charge in [-0.3, -0.25) is 4.72 Å². The number of nitrogens with one attached hydrogen (secondary N) is 1. The Morgan fingerprint density at radius 1 is 1.19 bits per heavy atom. The van der Waals surface area contributed by atoms with Crippen LogP contribution in [0.1, 0.15) is 0 Å². The summed E-state index contributed by atoms with van der Waals surface area (Å²) in [7, 11) is 0.284. The van der Waals surface area contributed by atoms with Crippen molar-refractivity contribution in [2.75, 3.05) is 26.1 Å². The molecule has 0 bridgehead atoms. The largest absolute Gasteiger partial charge is 0.382 e. The highest BCUT2D eigenvalue weighted by atomic mass is 32.2. The molecular formula is C18H21N6O2S+. The normalized spacial score (nSPS) is 15.7. The van der Waals surface area contributed by atoms with Gasteiger partial charge in [-0.25, -0.2) is 22.7 Å². The number of nitrogens with two attached hydrogens (primary N) is 1. The number of aromatic nitrogens is 2. The highest BCUT2D eigenvalue weighted by Crippen LogP contribution is 2.25. The predicted octanol–water partition coefficient (Wildman–Crippen LogP) is 1.24. The van der Waals surface area contributed by atoms with Crippen LogP contribution in [-0.2, 0) is 10.0 Å². The lowest BCUT2D eigenvalue weighted by Gasteiger charge is -2.12. The number of aliphatic imine (C=N–C) groups is 1. The SMILES string of the molecule is C[N+](C)=C1C=C/C(=N/c2cnn(-c3ccccc3)c2N)C(NS(C)(=O)=O)=C1. The van der Waals surface area contributed by atoms with E-state index in [1.807, 2.05) is 55.1 Å². The fourth-order valence-electron chi connectivity index (χ4n) is 2.52. The molecule has 1 aliphatic carbocycles. The summed E-state index contributed by atoms with van der Waals surface area (Å²) in [6.45, 7) is 0. The van der Waals surface area contributed by atoms with Gasteiger partial charge in [-0.1, -0.05) is 18.2 Å². The molecule has 1 aliphatic rings. The van der Waals surface area contributed by atoms with E-state index >= 15 is 0 Å². The lowest BCUT2D eigenvalue weighted by Crippen LogP contribution is -2.29. The molecule has 3 N–H and O–H groups in total. The van der Waals surface area contributed by atoms with E-state index in [-0.39, 0.29) is 0 Å². The average Bonchev–Trinajstić information content (AvgIpc) is 2.96. The number of nitrogens with zero attached hydrogens (tertiary/aromatic N) is 4. The van der Waals surface area contributed by atoms with Crippen LogP contribution in [-0.4, -0.2) is 54.5 Å². The van der Waals surface area contributed by atoms with E-state index in [2.05, 4.69) is 14.8 Å². The Labute approximate surface area is 158 Å². The Balaban J connectivity index is 2.03. The quantitative estimate of drug-likeness (QED) is 0.610. The Morgan fingerprint density at radius 2 is 1.89 bits per heavy atom. The van der Waals surface area contributed by atoms with Gasteiger partial charge in [-0.2, -0.15) is 5.10 Å². The number of sulfonamides is 1. The number of nitrogen functional groups attached to an aromatic ring is 1.